The van der Waals surface area contributed by atoms with E-state index in [1.807, 2.05) is 24.3 Å². The van der Waals surface area contributed by atoms with Crippen LogP contribution in [0.5, 0.6) is 0 Å². The number of rotatable bonds is 1. The summed E-state index contributed by atoms with van der Waals surface area (Å²) < 4.78 is 0.792. The van der Waals surface area contributed by atoms with Gasteiger partial charge in [-0.2, -0.15) is 5.26 Å². The summed E-state index contributed by atoms with van der Waals surface area (Å²) in [6.45, 7) is 0. The summed E-state index contributed by atoms with van der Waals surface area (Å²) in [6, 6.07) is 11.4. The van der Waals surface area contributed by atoms with Gasteiger partial charge in [0.05, 0.1) is 5.56 Å². The van der Waals surface area contributed by atoms with Crippen LogP contribution in [0.3, 0.4) is 0 Å². The largest absolute Gasteiger partial charge is 0.384 e. The standard InChI is InChI=1S/C12H8BrN3/c13-11-2-1-8(5-10(11)7-14)9-3-4-16-12(15)6-9/h1-6H,(H2,15,16). The molecule has 0 aliphatic carbocycles. The molecule has 0 aliphatic rings. The van der Waals surface area contributed by atoms with Crippen LogP contribution in [-0.4, -0.2) is 4.98 Å². The van der Waals surface area contributed by atoms with Crippen molar-refractivity contribution >= 4 is 21.7 Å². The van der Waals surface area contributed by atoms with E-state index in [-0.39, 0.29) is 0 Å². The van der Waals surface area contributed by atoms with Gasteiger partial charge in [0.15, 0.2) is 0 Å². The second-order valence-electron chi connectivity index (χ2n) is 3.28. The first kappa shape index (κ1) is 10.7. The average molecular weight is 274 g/mol. The zero-order valence-electron chi connectivity index (χ0n) is 8.31. The van der Waals surface area contributed by atoms with Crippen molar-refractivity contribution in [1.29, 1.82) is 5.26 Å². The van der Waals surface area contributed by atoms with Gasteiger partial charge in [-0.1, -0.05) is 6.07 Å². The zero-order valence-corrected chi connectivity index (χ0v) is 9.90. The number of benzene rings is 1. The number of pyridine rings is 1. The van der Waals surface area contributed by atoms with Gasteiger partial charge in [-0.15, -0.1) is 0 Å². The molecule has 0 amide bonds. The van der Waals surface area contributed by atoms with Gasteiger partial charge in [-0.3, -0.25) is 0 Å². The third-order valence-electron chi connectivity index (χ3n) is 2.20. The maximum absolute atomic E-state index is 8.93. The van der Waals surface area contributed by atoms with Crippen LogP contribution < -0.4 is 5.73 Å². The van der Waals surface area contributed by atoms with Crippen molar-refractivity contribution < 1.29 is 0 Å². The van der Waals surface area contributed by atoms with Gasteiger partial charge in [0, 0.05) is 10.7 Å². The van der Waals surface area contributed by atoms with E-state index in [9.17, 15) is 0 Å². The van der Waals surface area contributed by atoms with Gasteiger partial charge in [-0.05, 0) is 51.3 Å². The van der Waals surface area contributed by atoms with E-state index in [0.29, 0.717) is 11.4 Å². The Morgan fingerprint density at radius 1 is 1.19 bits per heavy atom. The van der Waals surface area contributed by atoms with Gasteiger partial charge >= 0.3 is 0 Å². The first-order chi connectivity index (χ1) is 7.70. The Morgan fingerprint density at radius 3 is 2.62 bits per heavy atom. The van der Waals surface area contributed by atoms with Crippen LogP contribution >= 0.6 is 15.9 Å². The SMILES string of the molecule is N#Cc1cc(-c2ccnc(N)c2)ccc1Br. The lowest BCUT2D eigenvalue weighted by molar-refractivity contribution is 1.34. The molecule has 1 heterocycles. The molecule has 2 rings (SSSR count). The Morgan fingerprint density at radius 2 is 1.94 bits per heavy atom. The average Bonchev–Trinajstić information content (AvgIpc) is 2.29. The minimum Gasteiger partial charge on any atom is -0.384 e. The number of nitrogens with two attached hydrogens (primary N) is 1. The Kier molecular flexibility index (Phi) is 2.88. The molecule has 78 valence electrons. The second-order valence-corrected chi connectivity index (χ2v) is 4.13. The summed E-state index contributed by atoms with van der Waals surface area (Å²) in [5.74, 6) is 0.471. The molecule has 0 saturated heterocycles. The highest BCUT2D eigenvalue weighted by Gasteiger charge is 2.03. The van der Waals surface area contributed by atoms with Crippen LogP contribution in [0.15, 0.2) is 41.0 Å². The first-order valence-corrected chi connectivity index (χ1v) is 5.41. The van der Waals surface area contributed by atoms with Crippen LogP contribution in [0.1, 0.15) is 5.56 Å². The molecule has 0 radical (unpaired) electrons. The minimum absolute atomic E-state index is 0.471. The van der Waals surface area contributed by atoms with Gasteiger partial charge < -0.3 is 5.73 Å². The highest BCUT2D eigenvalue weighted by atomic mass is 79.9. The van der Waals surface area contributed by atoms with Gasteiger partial charge in [0.1, 0.15) is 11.9 Å². The molecule has 0 spiro atoms. The molecule has 1 aromatic heterocycles. The lowest BCUT2D eigenvalue weighted by atomic mass is 10.0. The van der Waals surface area contributed by atoms with Crippen molar-refractivity contribution in [2.75, 3.05) is 5.73 Å². The molecule has 16 heavy (non-hydrogen) atoms. The van der Waals surface area contributed by atoms with Crippen LogP contribution in [0.25, 0.3) is 11.1 Å². The van der Waals surface area contributed by atoms with Crippen molar-refractivity contribution in [2.24, 2.45) is 0 Å². The highest BCUT2D eigenvalue weighted by molar-refractivity contribution is 9.10. The quantitative estimate of drug-likeness (QED) is 0.869. The highest BCUT2D eigenvalue weighted by Crippen LogP contribution is 2.25. The maximum Gasteiger partial charge on any atom is 0.123 e. The normalized spacial score (nSPS) is 9.75. The predicted molar refractivity (Wildman–Crippen MR) is 66.5 cm³/mol. The van der Waals surface area contributed by atoms with Gasteiger partial charge in [-0.25, -0.2) is 4.98 Å². The maximum atomic E-state index is 8.93. The van der Waals surface area contributed by atoms with E-state index < -0.39 is 0 Å². The number of nitriles is 1. The molecule has 1 aromatic carbocycles. The fraction of sp³-hybridized carbons (Fsp3) is 0. The number of hydrogen-bond donors (Lipinski definition) is 1. The van der Waals surface area contributed by atoms with E-state index in [4.69, 9.17) is 11.0 Å². The number of halogens is 1. The molecule has 2 aromatic rings. The number of anilines is 1. The van der Waals surface area contributed by atoms with Crippen LogP contribution in [0.4, 0.5) is 5.82 Å². The van der Waals surface area contributed by atoms with E-state index in [1.54, 1.807) is 12.3 Å². The molecular weight excluding hydrogens is 266 g/mol. The van der Waals surface area contributed by atoms with Crippen molar-refractivity contribution in [3.8, 4) is 17.2 Å². The van der Waals surface area contributed by atoms with Crippen LogP contribution in [0, 0.1) is 11.3 Å². The molecule has 3 nitrogen and oxygen atoms in total. The third kappa shape index (κ3) is 2.05. The van der Waals surface area contributed by atoms with E-state index in [0.717, 1.165) is 15.6 Å². The molecule has 0 saturated carbocycles. The number of hydrogen-bond acceptors (Lipinski definition) is 3. The lowest BCUT2D eigenvalue weighted by Crippen LogP contribution is -1.89. The smallest absolute Gasteiger partial charge is 0.123 e. The summed E-state index contributed by atoms with van der Waals surface area (Å²) in [5, 5.41) is 8.93. The van der Waals surface area contributed by atoms with E-state index in [2.05, 4.69) is 27.0 Å². The molecule has 4 heteroatoms. The number of aromatic nitrogens is 1. The molecule has 2 N–H and O–H groups in total. The monoisotopic (exact) mass is 273 g/mol. The van der Waals surface area contributed by atoms with E-state index in [1.165, 1.54) is 0 Å². The minimum atomic E-state index is 0.471. The topological polar surface area (TPSA) is 62.7 Å². The number of nitrogen functional groups attached to an aromatic ring is 1. The van der Waals surface area contributed by atoms with Gasteiger partial charge in [0.25, 0.3) is 0 Å². The summed E-state index contributed by atoms with van der Waals surface area (Å²) >= 11 is 3.32. The summed E-state index contributed by atoms with van der Waals surface area (Å²) in [4.78, 5) is 3.93. The molecule has 0 atom stereocenters. The Hall–Kier alpha value is -1.86. The fourth-order valence-corrected chi connectivity index (χ4v) is 1.75. The molecule has 0 aliphatic heterocycles. The van der Waals surface area contributed by atoms with E-state index >= 15 is 0 Å². The second kappa shape index (κ2) is 4.33. The predicted octanol–water partition coefficient (Wildman–Crippen LogP) is 2.96. The van der Waals surface area contributed by atoms with Crippen LogP contribution in [-0.2, 0) is 0 Å². The van der Waals surface area contributed by atoms with Crippen molar-refractivity contribution in [3.05, 3.63) is 46.6 Å². The van der Waals surface area contributed by atoms with Crippen molar-refractivity contribution in [3.63, 3.8) is 0 Å². The summed E-state index contributed by atoms with van der Waals surface area (Å²) in [5.41, 5.74) is 8.12. The Bertz CT molecular complexity index is 573. The molecule has 0 fully saturated rings. The summed E-state index contributed by atoms with van der Waals surface area (Å²) in [6.07, 6.45) is 1.65. The molecular formula is C12H8BrN3. The van der Waals surface area contributed by atoms with Crippen LogP contribution in [0.2, 0.25) is 0 Å². The zero-order chi connectivity index (χ0) is 11.5. The first-order valence-electron chi connectivity index (χ1n) is 4.62. The Balaban J connectivity index is 2.54. The summed E-state index contributed by atoms with van der Waals surface area (Å²) in [7, 11) is 0. The third-order valence-corrected chi connectivity index (χ3v) is 2.89. The Labute approximate surface area is 102 Å². The lowest BCUT2D eigenvalue weighted by Gasteiger charge is -2.03. The van der Waals surface area contributed by atoms with Gasteiger partial charge in [0.2, 0.25) is 0 Å². The van der Waals surface area contributed by atoms with Crippen molar-refractivity contribution in [2.45, 2.75) is 0 Å². The molecule has 0 unspecified atom stereocenters. The molecule has 0 bridgehead atoms. The van der Waals surface area contributed by atoms with Crippen molar-refractivity contribution in [1.82, 2.24) is 4.98 Å². The fourth-order valence-electron chi connectivity index (χ4n) is 1.42. The number of nitrogens with zero attached hydrogens (tertiary/aromatic N) is 2.